The topological polar surface area (TPSA) is 95.4 Å². The summed E-state index contributed by atoms with van der Waals surface area (Å²) in [6, 6.07) is 10.4. The van der Waals surface area contributed by atoms with E-state index in [9.17, 15) is 8.42 Å². The van der Waals surface area contributed by atoms with Crippen LogP contribution in [0.3, 0.4) is 0 Å². The molecule has 2 aromatic carbocycles. The summed E-state index contributed by atoms with van der Waals surface area (Å²) in [7, 11) is -3.81. The van der Waals surface area contributed by atoms with Crippen molar-refractivity contribution in [2.75, 3.05) is 5.73 Å². The Balaban J connectivity index is 1.87. The van der Waals surface area contributed by atoms with Crippen molar-refractivity contribution in [3.8, 4) is 11.5 Å². The van der Waals surface area contributed by atoms with Gasteiger partial charge in [0.1, 0.15) is 16.4 Å². The van der Waals surface area contributed by atoms with E-state index < -0.39 is 10.0 Å². The maximum atomic E-state index is 11.3. The smallest absolute Gasteiger partial charge is 0.240 e. The third-order valence-electron chi connectivity index (χ3n) is 3.59. The van der Waals surface area contributed by atoms with Gasteiger partial charge in [-0.1, -0.05) is 6.07 Å². The van der Waals surface area contributed by atoms with Gasteiger partial charge in [-0.25, -0.2) is 13.6 Å². The number of hydrogen-bond donors (Lipinski definition) is 2. The molecule has 0 amide bonds. The van der Waals surface area contributed by atoms with E-state index >= 15 is 0 Å². The van der Waals surface area contributed by atoms with E-state index in [0.29, 0.717) is 5.75 Å². The second-order valence-corrected chi connectivity index (χ2v) is 6.66. The predicted molar refractivity (Wildman–Crippen MR) is 80.8 cm³/mol. The molecule has 5 nitrogen and oxygen atoms in total. The molecule has 0 fully saturated rings. The number of anilines is 1. The van der Waals surface area contributed by atoms with Crippen molar-refractivity contribution >= 4 is 15.7 Å². The van der Waals surface area contributed by atoms with Crippen molar-refractivity contribution < 1.29 is 13.2 Å². The van der Waals surface area contributed by atoms with Crippen molar-refractivity contribution in [1.29, 1.82) is 0 Å². The SMILES string of the molecule is Nc1cc(Oc2ccc3c(c2)CCC3)ccc1S(N)(=O)=O. The summed E-state index contributed by atoms with van der Waals surface area (Å²) in [4.78, 5) is -0.0937. The van der Waals surface area contributed by atoms with Crippen molar-refractivity contribution in [1.82, 2.24) is 0 Å². The number of nitrogen functional groups attached to an aromatic ring is 1. The first-order chi connectivity index (χ1) is 9.93. The van der Waals surface area contributed by atoms with Gasteiger partial charge in [-0.15, -0.1) is 0 Å². The summed E-state index contributed by atoms with van der Waals surface area (Å²) in [5, 5.41) is 5.07. The first kappa shape index (κ1) is 13.9. The Labute approximate surface area is 123 Å². The van der Waals surface area contributed by atoms with Crippen LogP contribution in [-0.2, 0) is 22.9 Å². The van der Waals surface area contributed by atoms with Crippen LogP contribution in [0.2, 0.25) is 0 Å². The van der Waals surface area contributed by atoms with E-state index in [1.807, 2.05) is 12.1 Å². The number of ether oxygens (including phenoxy) is 1. The lowest BCUT2D eigenvalue weighted by molar-refractivity contribution is 0.482. The van der Waals surface area contributed by atoms with Gasteiger partial charge in [0.2, 0.25) is 10.0 Å². The van der Waals surface area contributed by atoms with Gasteiger partial charge in [0.25, 0.3) is 0 Å². The minimum atomic E-state index is -3.81. The second kappa shape index (κ2) is 5.05. The molecular weight excluding hydrogens is 288 g/mol. The molecule has 0 spiro atoms. The van der Waals surface area contributed by atoms with Crippen LogP contribution in [0, 0.1) is 0 Å². The van der Waals surface area contributed by atoms with Crippen LogP contribution >= 0.6 is 0 Å². The van der Waals surface area contributed by atoms with E-state index in [1.54, 1.807) is 6.07 Å². The Morgan fingerprint density at radius 1 is 0.952 bits per heavy atom. The van der Waals surface area contributed by atoms with Gasteiger partial charge in [0.15, 0.2) is 0 Å². The van der Waals surface area contributed by atoms with Gasteiger partial charge < -0.3 is 10.5 Å². The zero-order valence-electron chi connectivity index (χ0n) is 11.4. The van der Waals surface area contributed by atoms with Crippen LogP contribution in [0.25, 0.3) is 0 Å². The average molecular weight is 304 g/mol. The summed E-state index contributed by atoms with van der Waals surface area (Å²) in [5.41, 5.74) is 8.47. The number of nitrogens with two attached hydrogens (primary N) is 2. The number of sulfonamides is 1. The Hall–Kier alpha value is -2.05. The first-order valence-electron chi connectivity index (χ1n) is 6.65. The predicted octanol–water partition coefficient (Wildman–Crippen LogP) is 2.20. The molecule has 0 atom stereocenters. The normalized spacial score (nSPS) is 14.0. The molecule has 110 valence electrons. The van der Waals surface area contributed by atoms with Gasteiger partial charge >= 0.3 is 0 Å². The van der Waals surface area contributed by atoms with Crippen molar-refractivity contribution in [2.24, 2.45) is 5.14 Å². The molecule has 0 unspecified atom stereocenters. The van der Waals surface area contributed by atoms with Crippen molar-refractivity contribution in [3.05, 3.63) is 47.5 Å². The Morgan fingerprint density at radius 3 is 2.33 bits per heavy atom. The van der Waals surface area contributed by atoms with E-state index in [4.69, 9.17) is 15.6 Å². The highest BCUT2D eigenvalue weighted by Gasteiger charge is 2.14. The number of benzene rings is 2. The fraction of sp³-hybridized carbons (Fsp3) is 0.200. The van der Waals surface area contributed by atoms with E-state index in [0.717, 1.165) is 18.6 Å². The monoisotopic (exact) mass is 304 g/mol. The fourth-order valence-electron chi connectivity index (χ4n) is 2.60. The molecule has 1 aliphatic rings. The van der Waals surface area contributed by atoms with Crippen molar-refractivity contribution in [2.45, 2.75) is 24.2 Å². The molecule has 0 bridgehead atoms. The minimum absolute atomic E-state index is 0.0798. The van der Waals surface area contributed by atoms with Gasteiger partial charge in [0, 0.05) is 6.07 Å². The summed E-state index contributed by atoms with van der Waals surface area (Å²) < 4.78 is 28.4. The summed E-state index contributed by atoms with van der Waals surface area (Å²) in [6.45, 7) is 0. The number of primary sulfonamides is 1. The van der Waals surface area contributed by atoms with Crippen molar-refractivity contribution in [3.63, 3.8) is 0 Å². The molecule has 0 aromatic heterocycles. The second-order valence-electron chi connectivity index (χ2n) is 5.13. The molecule has 21 heavy (non-hydrogen) atoms. The number of rotatable bonds is 3. The van der Waals surface area contributed by atoms with Gasteiger partial charge in [0.05, 0.1) is 5.69 Å². The highest BCUT2D eigenvalue weighted by Crippen LogP contribution is 2.30. The number of hydrogen-bond acceptors (Lipinski definition) is 4. The van der Waals surface area contributed by atoms with Crippen LogP contribution in [-0.4, -0.2) is 8.42 Å². The molecule has 0 saturated carbocycles. The zero-order valence-corrected chi connectivity index (χ0v) is 12.2. The third kappa shape index (κ3) is 2.86. The molecule has 0 radical (unpaired) electrons. The quantitative estimate of drug-likeness (QED) is 0.850. The molecule has 6 heteroatoms. The van der Waals surface area contributed by atoms with Crippen LogP contribution in [0.1, 0.15) is 17.5 Å². The lowest BCUT2D eigenvalue weighted by atomic mass is 10.1. The van der Waals surface area contributed by atoms with Crippen LogP contribution < -0.4 is 15.6 Å². The summed E-state index contributed by atoms with van der Waals surface area (Å²) in [5.74, 6) is 1.20. The largest absolute Gasteiger partial charge is 0.457 e. The molecule has 4 N–H and O–H groups in total. The lowest BCUT2D eigenvalue weighted by Gasteiger charge is -2.10. The molecule has 0 saturated heterocycles. The van der Waals surface area contributed by atoms with E-state index in [2.05, 4.69) is 6.07 Å². The standard InChI is InChI=1S/C15H16N2O3S/c16-14-9-13(6-7-15(14)21(17,18)19)20-12-5-4-10-2-1-3-11(10)8-12/h4-9H,1-3,16H2,(H2,17,18,19). The van der Waals surface area contributed by atoms with Crippen LogP contribution in [0.15, 0.2) is 41.3 Å². The molecule has 0 heterocycles. The Bertz CT molecular complexity index is 801. The minimum Gasteiger partial charge on any atom is -0.457 e. The number of aryl methyl sites for hydroxylation is 2. The summed E-state index contributed by atoms with van der Waals surface area (Å²) >= 11 is 0. The van der Waals surface area contributed by atoms with Crippen LogP contribution in [0.5, 0.6) is 11.5 Å². The van der Waals surface area contributed by atoms with Gasteiger partial charge in [-0.3, -0.25) is 0 Å². The maximum Gasteiger partial charge on any atom is 0.240 e. The molecule has 3 rings (SSSR count). The number of fused-ring (bicyclic) bond motifs is 1. The molecule has 1 aliphatic carbocycles. The zero-order chi connectivity index (χ0) is 15.0. The fourth-order valence-corrected chi connectivity index (χ4v) is 3.24. The molecular formula is C15H16N2O3S. The van der Waals surface area contributed by atoms with Gasteiger partial charge in [-0.2, -0.15) is 0 Å². The Kier molecular flexibility index (Phi) is 3.35. The Morgan fingerprint density at radius 2 is 1.62 bits per heavy atom. The highest BCUT2D eigenvalue weighted by molar-refractivity contribution is 7.89. The first-order valence-corrected chi connectivity index (χ1v) is 8.20. The third-order valence-corrected chi connectivity index (χ3v) is 4.58. The van der Waals surface area contributed by atoms with Gasteiger partial charge in [-0.05, 0) is 54.7 Å². The lowest BCUT2D eigenvalue weighted by Crippen LogP contribution is -2.14. The highest BCUT2D eigenvalue weighted by atomic mass is 32.2. The summed E-state index contributed by atoms with van der Waals surface area (Å²) in [6.07, 6.45) is 3.36. The van der Waals surface area contributed by atoms with E-state index in [-0.39, 0.29) is 10.6 Å². The average Bonchev–Trinajstić information content (AvgIpc) is 2.84. The van der Waals surface area contributed by atoms with E-state index in [1.165, 1.54) is 29.7 Å². The van der Waals surface area contributed by atoms with Crippen LogP contribution in [0.4, 0.5) is 5.69 Å². The molecule has 0 aliphatic heterocycles. The molecule has 2 aromatic rings. The maximum absolute atomic E-state index is 11.3.